The third-order valence-electron chi connectivity index (χ3n) is 2.47. The Bertz CT molecular complexity index is 334. The van der Waals surface area contributed by atoms with E-state index >= 15 is 0 Å². The topological polar surface area (TPSA) is 29.9 Å². The predicted octanol–water partition coefficient (Wildman–Crippen LogP) is 2.98. The van der Waals surface area contributed by atoms with Crippen LogP contribution in [0.2, 0.25) is 0 Å². The first-order valence-electron chi connectivity index (χ1n) is 6.09. The Morgan fingerprint density at radius 3 is 2.65 bits per heavy atom. The lowest BCUT2D eigenvalue weighted by atomic mass is 10.2. The third kappa shape index (κ3) is 4.07. The maximum atomic E-state index is 12.9. The summed E-state index contributed by atoms with van der Waals surface area (Å²) in [6, 6.07) is 0. The molecule has 0 unspecified atom stereocenters. The average molecular weight is 245 g/mol. The molecule has 0 amide bonds. The number of hydrogen-bond acceptors (Lipinski definition) is 2. The zero-order valence-corrected chi connectivity index (χ0v) is 10.7. The molecule has 17 heavy (non-hydrogen) atoms. The highest BCUT2D eigenvalue weighted by atomic mass is 19.3. The number of nitrogens with zero attached hydrogens (tertiary/aromatic N) is 2. The number of aromatic nitrogens is 2. The first-order chi connectivity index (χ1) is 8.06. The minimum absolute atomic E-state index is 0.0584. The predicted molar refractivity (Wildman–Crippen MR) is 64.0 cm³/mol. The monoisotopic (exact) mass is 245 g/mol. The fourth-order valence-corrected chi connectivity index (χ4v) is 1.71. The molecule has 1 aromatic heterocycles. The van der Waals surface area contributed by atoms with E-state index in [0.717, 1.165) is 13.0 Å². The fraction of sp³-hybridized carbons (Fsp3) is 0.750. The molecule has 0 aliphatic carbocycles. The van der Waals surface area contributed by atoms with E-state index in [2.05, 4.69) is 24.3 Å². The highest BCUT2D eigenvalue weighted by molar-refractivity contribution is 5.18. The number of hydrogen-bond donors (Lipinski definition) is 1. The van der Waals surface area contributed by atoms with E-state index in [1.807, 2.05) is 6.92 Å². The van der Waals surface area contributed by atoms with Gasteiger partial charge in [0.1, 0.15) is 5.69 Å². The fourth-order valence-electron chi connectivity index (χ4n) is 1.71. The smallest absolute Gasteiger partial charge is 0.280 e. The first kappa shape index (κ1) is 14.1. The van der Waals surface area contributed by atoms with Crippen LogP contribution in [-0.2, 0) is 13.1 Å². The van der Waals surface area contributed by atoms with Crippen LogP contribution < -0.4 is 5.32 Å². The number of aryl methyl sites for hydroxylation is 1. The van der Waals surface area contributed by atoms with Crippen LogP contribution in [0, 0.1) is 5.92 Å². The summed E-state index contributed by atoms with van der Waals surface area (Å²) in [6.07, 6.45) is -0.106. The second kappa shape index (κ2) is 6.69. The van der Waals surface area contributed by atoms with Crippen LogP contribution in [0.3, 0.4) is 0 Å². The van der Waals surface area contributed by atoms with Crippen molar-refractivity contribution < 1.29 is 8.78 Å². The van der Waals surface area contributed by atoms with Crippen molar-refractivity contribution in [1.29, 1.82) is 0 Å². The largest absolute Gasteiger partial charge is 0.312 e. The minimum atomic E-state index is -2.46. The van der Waals surface area contributed by atoms with Crippen LogP contribution in [-0.4, -0.2) is 16.3 Å². The molecule has 0 saturated carbocycles. The lowest BCUT2D eigenvalue weighted by Crippen LogP contribution is -2.20. The van der Waals surface area contributed by atoms with Crippen molar-refractivity contribution in [1.82, 2.24) is 15.1 Å². The van der Waals surface area contributed by atoms with Gasteiger partial charge in [0, 0.05) is 18.7 Å². The van der Waals surface area contributed by atoms with E-state index < -0.39 is 6.43 Å². The molecule has 0 aromatic carbocycles. The van der Waals surface area contributed by atoms with Gasteiger partial charge in [-0.15, -0.1) is 0 Å². The maximum absolute atomic E-state index is 12.9. The molecular formula is C12H21F2N3. The zero-order chi connectivity index (χ0) is 12.8. The van der Waals surface area contributed by atoms with E-state index in [1.54, 1.807) is 6.20 Å². The molecule has 0 saturated heterocycles. The molecule has 0 radical (unpaired) electrons. The van der Waals surface area contributed by atoms with Crippen molar-refractivity contribution in [2.24, 2.45) is 5.92 Å². The van der Waals surface area contributed by atoms with E-state index in [-0.39, 0.29) is 5.69 Å². The Labute approximate surface area is 101 Å². The van der Waals surface area contributed by atoms with E-state index in [9.17, 15) is 8.78 Å². The molecule has 0 spiro atoms. The van der Waals surface area contributed by atoms with Gasteiger partial charge < -0.3 is 5.32 Å². The molecule has 1 aromatic rings. The highest BCUT2D eigenvalue weighted by Crippen LogP contribution is 2.23. The van der Waals surface area contributed by atoms with Crippen LogP contribution in [0.25, 0.3) is 0 Å². The maximum Gasteiger partial charge on any atom is 0.280 e. The quantitative estimate of drug-likeness (QED) is 0.800. The third-order valence-corrected chi connectivity index (χ3v) is 2.47. The van der Waals surface area contributed by atoms with Gasteiger partial charge in [-0.05, 0) is 18.9 Å². The first-order valence-corrected chi connectivity index (χ1v) is 6.09. The molecule has 0 aliphatic rings. The van der Waals surface area contributed by atoms with Crippen molar-refractivity contribution in [3.05, 3.63) is 17.5 Å². The van der Waals surface area contributed by atoms with Crippen LogP contribution in [0.4, 0.5) is 8.78 Å². The van der Waals surface area contributed by atoms with Crippen molar-refractivity contribution in [3.63, 3.8) is 0 Å². The number of nitrogens with one attached hydrogen (secondary N) is 1. The van der Waals surface area contributed by atoms with E-state index in [4.69, 9.17) is 0 Å². The summed E-state index contributed by atoms with van der Waals surface area (Å²) >= 11 is 0. The summed E-state index contributed by atoms with van der Waals surface area (Å²) in [5.74, 6) is 0.510. The summed E-state index contributed by atoms with van der Waals surface area (Å²) < 4.78 is 27.3. The molecule has 5 heteroatoms. The summed E-state index contributed by atoms with van der Waals surface area (Å²) in [4.78, 5) is 0. The summed E-state index contributed by atoms with van der Waals surface area (Å²) in [5, 5.41) is 7.19. The van der Waals surface area contributed by atoms with Crippen molar-refractivity contribution in [3.8, 4) is 0 Å². The highest BCUT2D eigenvalue weighted by Gasteiger charge is 2.19. The van der Waals surface area contributed by atoms with E-state index in [1.165, 1.54) is 4.68 Å². The van der Waals surface area contributed by atoms with Crippen LogP contribution in [0.15, 0.2) is 6.20 Å². The van der Waals surface area contributed by atoms with Gasteiger partial charge in [-0.3, -0.25) is 4.68 Å². The molecule has 1 heterocycles. The van der Waals surface area contributed by atoms with Gasteiger partial charge in [-0.25, -0.2) is 8.78 Å². The summed E-state index contributed by atoms with van der Waals surface area (Å²) in [7, 11) is 0. The molecule has 0 bridgehead atoms. The normalized spacial score (nSPS) is 11.7. The Morgan fingerprint density at radius 2 is 2.12 bits per heavy atom. The van der Waals surface area contributed by atoms with Crippen LogP contribution in [0.1, 0.15) is 44.9 Å². The number of halogens is 2. The minimum Gasteiger partial charge on any atom is -0.312 e. The Hall–Kier alpha value is -0.970. The molecule has 0 atom stereocenters. The van der Waals surface area contributed by atoms with E-state index in [0.29, 0.717) is 24.6 Å². The second-order valence-electron chi connectivity index (χ2n) is 4.60. The summed E-state index contributed by atoms with van der Waals surface area (Å²) in [6.45, 7) is 7.95. The van der Waals surface area contributed by atoms with Gasteiger partial charge in [0.25, 0.3) is 6.43 Å². The molecule has 0 fully saturated rings. The van der Waals surface area contributed by atoms with Gasteiger partial charge in [0.15, 0.2) is 0 Å². The lowest BCUT2D eigenvalue weighted by molar-refractivity contribution is 0.137. The number of rotatable bonds is 7. The molecule has 0 aliphatic heterocycles. The van der Waals surface area contributed by atoms with Gasteiger partial charge in [0.2, 0.25) is 0 Å². The average Bonchev–Trinajstić information content (AvgIpc) is 2.61. The molecule has 98 valence electrons. The Balaban J connectivity index is 2.70. The lowest BCUT2D eigenvalue weighted by Gasteiger charge is -2.09. The van der Waals surface area contributed by atoms with Gasteiger partial charge in [0.05, 0.1) is 6.20 Å². The SMILES string of the molecule is CCCn1ncc(CNCC(C)C)c1C(F)F. The standard InChI is InChI=1S/C12H21F2N3/c1-4-5-17-11(12(13)14)10(8-16-17)7-15-6-9(2)3/h8-9,12,15H,4-7H2,1-3H3. The Kier molecular flexibility index (Phi) is 5.55. The summed E-state index contributed by atoms with van der Waals surface area (Å²) in [5.41, 5.74) is 0.664. The molecule has 1 rings (SSSR count). The van der Waals surface area contributed by atoms with Crippen LogP contribution >= 0.6 is 0 Å². The molecular weight excluding hydrogens is 224 g/mol. The van der Waals surface area contributed by atoms with Gasteiger partial charge >= 0.3 is 0 Å². The van der Waals surface area contributed by atoms with Crippen LogP contribution in [0.5, 0.6) is 0 Å². The van der Waals surface area contributed by atoms with Crippen molar-refractivity contribution in [2.75, 3.05) is 6.54 Å². The van der Waals surface area contributed by atoms with Gasteiger partial charge in [-0.2, -0.15) is 5.10 Å². The zero-order valence-electron chi connectivity index (χ0n) is 10.7. The van der Waals surface area contributed by atoms with Gasteiger partial charge in [-0.1, -0.05) is 20.8 Å². The van der Waals surface area contributed by atoms with Crippen molar-refractivity contribution in [2.45, 2.75) is 46.7 Å². The molecule has 3 nitrogen and oxygen atoms in total. The van der Waals surface area contributed by atoms with Crippen molar-refractivity contribution >= 4 is 0 Å². The second-order valence-corrected chi connectivity index (χ2v) is 4.60. The number of alkyl halides is 2. The molecule has 1 N–H and O–H groups in total. The Morgan fingerprint density at radius 1 is 1.41 bits per heavy atom.